The number of methoxy groups -OCH3 is 1. The van der Waals surface area contributed by atoms with Gasteiger partial charge in [-0.3, -0.25) is 9.69 Å². The van der Waals surface area contributed by atoms with Crippen LogP contribution in [-0.2, 0) is 9.53 Å². The lowest BCUT2D eigenvalue weighted by Crippen LogP contribution is -2.51. The summed E-state index contributed by atoms with van der Waals surface area (Å²) in [4.78, 5) is 13.9. The van der Waals surface area contributed by atoms with E-state index in [2.05, 4.69) is 11.8 Å². The fraction of sp³-hybridized carbons (Fsp3) is 0.929. The van der Waals surface area contributed by atoms with Gasteiger partial charge in [0, 0.05) is 12.1 Å². The first-order chi connectivity index (χ1) is 8.22. The first kappa shape index (κ1) is 12.9. The zero-order valence-electron chi connectivity index (χ0n) is 11.2. The largest absolute Gasteiger partial charge is 0.469 e. The van der Waals surface area contributed by atoms with Crippen LogP contribution in [0.3, 0.4) is 0 Å². The van der Waals surface area contributed by atoms with Gasteiger partial charge in [-0.05, 0) is 45.1 Å². The molecule has 2 fully saturated rings. The minimum atomic E-state index is -0.0737. The van der Waals surface area contributed by atoms with E-state index in [1.165, 1.54) is 52.2 Å². The van der Waals surface area contributed by atoms with Crippen LogP contribution in [0.2, 0.25) is 0 Å². The molecule has 3 nitrogen and oxygen atoms in total. The number of hydrogen-bond acceptors (Lipinski definition) is 3. The summed E-state index contributed by atoms with van der Waals surface area (Å²) >= 11 is 0. The van der Waals surface area contributed by atoms with E-state index in [-0.39, 0.29) is 5.97 Å². The Labute approximate surface area is 105 Å². The molecule has 1 saturated heterocycles. The fourth-order valence-electron chi connectivity index (χ4n) is 3.65. The van der Waals surface area contributed by atoms with Crippen molar-refractivity contribution in [3.05, 3.63) is 0 Å². The van der Waals surface area contributed by atoms with E-state index in [1.54, 1.807) is 0 Å². The summed E-state index contributed by atoms with van der Waals surface area (Å²) in [6.07, 6.45) is 8.73. The Hall–Kier alpha value is -0.570. The van der Waals surface area contributed by atoms with Crippen LogP contribution in [0.4, 0.5) is 0 Å². The molecule has 98 valence electrons. The topological polar surface area (TPSA) is 29.5 Å². The first-order valence-electron chi connectivity index (χ1n) is 7.05. The fourth-order valence-corrected chi connectivity index (χ4v) is 3.65. The van der Waals surface area contributed by atoms with E-state index in [0.717, 1.165) is 12.0 Å². The van der Waals surface area contributed by atoms with Gasteiger partial charge in [0.1, 0.15) is 0 Å². The van der Waals surface area contributed by atoms with E-state index in [4.69, 9.17) is 4.74 Å². The number of esters is 1. The molecular formula is C14H25NO2. The Morgan fingerprint density at radius 3 is 2.76 bits per heavy atom. The van der Waals surface area contributed by atoms with Gasteiger partial charge in [0.05, 0.1) is 13.5 Å². The van der Waals surface area contributed by atoms with Gasteiger partial charge in [-0.1, -0.05) is 12.8 Å². The highest BCUT2D eigenvalue weighted by Crippen LogP contribution is 2.36. The van der Waals surface area contributed by atoms with Crippen LogP contribution in [0.15, 0.2) is 0 Å². The van der Waals surface area contributed by atoms with Gasteiger partial charge in [0.25, 0.3) is 0 Å². The number of nitrogens with zero attached hydrogens (tertiary/aromatic N) is 1. The first-order valence-corrected chi connectivity index (χ1v) is 7.05. The lowest BCUT2D eigenvalue weighted by molar-refractivity contribution is -0.142. The van der Waals surface area contributed by atoms with Crippen LogP contribution in [0.5, 0.6) is 0 Å². The molecule has 2 aliphatic rings. The Kier molecular flexibility index (Phi) is 4.43. The number of carbonyl (C=O) groups is 1. The number of carbonyl (C=O) groups excluding carboxylic acids is 1. The van der Waals surface area contributed by atoms with Gasteiger partial charge >= 0.3 is 5.97 Å². The van der Waals surface area contributed by atoms with E-state index in [0.29, 0.717) is 12.5 Å². The Bertz CT molecular complexity index is 265. The van der Waals surface area contributed by atoms with Crippen LogP contribution in [0.1, 0.15) is 51.9 Å². The molecule has 17 heavy (non-hydrogen) atoms. The molecule has 1 aliphatic heterocycles. The Morgan fingerprint density at radius 2 is 2.00 bits per heavy atom. The van der Waals surface area contributed by atoms with Gasteiger partial charge in [0.2, 0.25) is 0 Å². The summed E-state index contributed by atoms with van der Waals surface area (Å²) in [5.74, 6) is 0.813. The second-order valence-electron chi connectivity index (χ2n) is 5.62. The normalized spacial score (nSPS) is 31.6. The molecule has 1 saturated carbocycles. The summed E-state index contributed by atoms with van der Waals surface area (Å²) < 4.78 is 4.78. The van der Waals surface area contributed by atoms with Gasteiger partial charge in [-0.25, -0.2) is 0 Å². The number of rotatable bonds is 3. The quantitative estimate of drug-likeness (QED) is 0.709. The second-order valence-corrected chi connectivity index (χ2v) is 5.62. The third kappa shape index (κ3) is 3.01. The van der Waals surface area contributed by atoms with E-state index in [9.17, 15) is 4.79 Å². The zero-order chi connectivity index (χ0) is 12.3. The van der Waals surface area contributed by atoms with Crippen molar-refractivity contribution in [2.45, 2.75) is 64.0 Å². The predicted molar refractivity (Wildman–Crippen MR) is 67.8 cm³/mol. The molecule has 0 N–H and O–H groups in total. The van der Waals surface area contributed by atoms with Gasteiger partial charge in [0.15, 0.2) is 0 Å². The van der Waals surface area contributed by atoms with Crippen LogP contribution >= 0.6 is 0 Å². The maximum absolute atomic E-state index is 11.4. The van der Waals surface area contributed by atoms with Gasteiger partial charge in [-0.2, -0.15) is 0 Å². The van der Waals surface area contributed by atoms with E-state index < -0.39 is 0 Å². The van der Waals surface area contributed by atoms with Crippen LogP contribution in [0.25, 0.3) is 0 Å². The monoisotopic (exact) mass is 239 g/mol. The van der Waals surface area contributed by atoms with Gasteiger partial charge in [-0.15, -0.1) is 0 Å². The molecule has 1 unspecified atom stereocenters. The van der Waals surface area contributed by atoms with Crippen molar-refractivity contribution < 1.29 is 9.53 Å². The number of piperidine rings is 1. The summed E-state index contributed by atoms with van der Waals surface area (Å²) in [7, 11) is 1.48. The highest BCUT2D eigenvalue weighted by molar-refractivity contribution is 5.69. The standard InChI is InChI=1S/C14H25NO2/c1-11(10-14(16)17-2)15-9-5-7-12-6-3-4-8-13(12)15/h11-13H,3-10H2,1-2H3/t11?,12-,13-/m1/s1. The molecule has 0 spiro atoms. The van der Waals surface area contributed by atoms with Crippen molar-refractivity contribution in [2.24, 2.45) is 5.92 Å². The van der Waals surface area contributed by atoms with E-state index >= 15 is 0 Å². The van der Waals surface area contributed by atoms with Crippen molar-refractivity contribution in [1.82, 2.24) is 4.90 Å². The molecule has 0 aromatic rings. The van der Waals surface area contributed by atoms with Crippen molar-refractivity contribution in [2.75, 3.05) is 13.7 Å². The van der Waals surface area contributed by atoms with Crippen molar-refractivity contribution in [3.8, 4) is 0 Å². The zero-order valence-corrected chi connectivity index (χ0v) is 11.2. The lowest BCUT2D eigenvalue weighted by Gasteiger charge is -2.46. The molecule has 3 atom stereocenters. The third-order valence-electron chi connectivity index (χ3n) is 4.54. The number of ether oxygens (including phenoxy) is 1. The molecular weight excluding hydrogens is 214 g/mol. The van der Waals surface area contributed by atoms with Crippen LogP contribution < -0.4 is 0 Å². The average molecular weight is 239 g/mol. The maximum Gasteiger partial charge on any atom is 0.307 e. The third-order valence-corrected chi connectivity index (χ3v) is 4.54. The highest BCUT2D eigenvalue weighted by Gasteiger charge is 2.35. The smallest absolute Gasteiger partial charge is 0.307 e. The summed E-state index contributed by atoms with van der Waals surface area (Å²) in [6, 6.07) is 1.07. The van der Waals surface area contributed by atoms with Gasteiger partial charge < -0.3 is 4.74 Å². The molecule has 1 heterocycles. The molecule has 0 radical (unpaired) electrons. The van der Waals surface area contributed by atoms with Crippen molar-refractivity contribution in [3.63, 3.8) is 0 Å². The Morgan fingerprint density at radius 1 is 1.29 bits per heavy atom. The Balaban J connectivity index is 1.95. The molecule has 3 heteroatoms. The maximum atomic E-state index is 11.4. The second kappa shape index (κ2) is 5.85. The summed E-state index contributed by atoms with van der Waals surface area (Å²) in [6.45, 7) is 3.34. The molecule has 1 aliphatic carbocycles. The van der Waals surface area contributed by atoms with Crippen LogP contribution in [0, 0.1) is 5.92 Å². The number of likely N-dealkylation sites (tertiary alicyclic amines) is 1. The molecule has 0 bridgehead atoms. The molecule has 0 aromatic carbocycles. The minimum Gasteiger partial charge on any atom is -0.469 e. The number of fused-ring (bicyclic) bond motifs is 1. The minimum absolute atomic E-state index is 0.0737. The molecule has 0 aromatic heterocycles. The predicted octanol–water partition coefficient (Wildman–Crippen LogP) is 2.59. The average Bonchev–Trinajstić information content (AvgIpc) is 2.37. The van der Waals surface area contributed by atoms with E-state index in [1.807, 2.05) is 0 Å². The summed E-state index contributed by atoms with van der Waals surface area (Å²) in [5.41, 5.74) is 0. The SMILES string of the molecule is COC(=O)CC(C)N1CCC[C@H]2CCCC[C@H]21. The summed E-state index contributed by atoms with van der Waals surface area (Å²) in [5, 5.41) is 0. The highest BCUT2D eigenvalue weighted by atomic mass is 16.5. The molecule has 2 rings (SSSR count). The lowest BCUT2D eigenvalue weighted by atomic mass is 9.77. The van der Waals surface area contributed by atoms with Crippen molar-refractivity contribution >= 4 is 5.97 Å². The van der Waals surface area contributed by atoms with Crippen molar-refractivity contribution in [1.29, 1.82) is 0 Å². The van der Waals surface area contributed by atoms with Crippen LogP contribution in [-0.4, -0.2) is 36.6 Å². The number of hydrogen-bond donors (Lipinski definition) is 0. The molecule has 0 amide bonds.